The summed E-state index contributed by atoms with van der Waals surface area (Å²) >= 11 is 0. The van der Waals surface area contributed by atoms with E-state index in [1.165, 1.54) is 27.2 Å². The van der Waals surface area contributed by atoms with E-state index in [1.54, 1.807) is 18.2 Å². The molecule has 2 aromatic carbocycles. The Morgan fingerprint density at radius 1 is 0.952 bits per heavy atom. The zero-order valence-corrected chi connectivity index (χ0v) is 12.0. The summed E-state index contributed by atoms with van der Waals surface area (Å²) in [6.45, 7) is 1.51. The molecule has 0 heterocycles. The van der Waals surface area contributed by atoms with E-state index >= 15 is 0 Å². The van der Waals surface area contributed by atoms with Gasteiger partial charge in [-0.1, -0.05) is 6.07 Å². The van der Waals surface area contributed by atoms with E-state index < -0.39 is 17.7 Å². The highest BCUT2D eigenvalue weighted by molar-refractivity contribution is 5.45. The molecule has 0 saturated heterocycles. The van der Waals surface area contributed by atoms with E-state index in [2.05, 4.69) is 0 Å². The van der Waals surface area contributed by atoms with Crippen molar-refractivity contribution in [2.24, 2.45) is 0 Å². The maximum atomic E-state index is 13.8. The lowest BCUT2D eigenvalue weighted by Gasteiger charge is -2.16. The molecule has 1 unspecified atom stereocenters. The van der Waals surface area contributed by atoms with Gasteiger partial charge in [-0.15, -0.1) is 0 Å². The Hall–Kier alpha value is -2.14. The Labute approximate surface area is 121 Å². The number of aryl methyl sites for hydroxylation is 1. The van der Waals surface area contributed by atoms with Crippen LogP contribution in [-0.4, -0.2) is 19.3 Å². The third kappa shape index (κ3) is 2.97. The first-order chi connectivity index (χ1) is 9.97. The second kappa shape index (κ2) is 6.10. The summed E-state index contributed by atoms with van der Waals surface area (Å²) in [7, 11) is 2.97. The Kier molecular flexibility index (Phi) is 4.43. The van der Waals surface area contributed by atoms with Crippen LogP contribution in [0, 0.1) is 18.6 Å². The van der Waals surface area contributed by atoms with Crippen molar-refractivity contribution in [3.63, 3.8) is 0 Å². The third-order valence-corrected chi connectivity index (χ3v) is 3.30. The van der Waals surface area contributed by atoms with Gasteiger partial charge in [0, 0.05) is 11.6 Å². The van der Waals surface area contributed by atoms with Gasteiger partial charge in [0.2, 0.25) is 0 Å². The van der Waals surface area contributed by atoms with Gasteiger partial charge in [-0.25, -0.2) is 8.78 Å². The minimum Gasteiger partial charge on any atom is -0.493 e. The molecule has 0 spiro atoms. The largest absolute Gasteiger partial charge is 0.493 e. The van der Waals surface area contributed by atoms with Gasteiger partial charge in [-0.3, -0.25) is 0 Å². The summed E-state index contributed by atoms with van der Waals surface area (Å²) in [5.41, 5.74) is 0.713. The van der Waals surface area contributed by atoms with Crippen molar-refractivity contribution in [2.75, 3.05) is 14.2 Å². The van der Waals surface area contributed by atoms with Crippen LogP contribution in [-0.2, 0) is 0 Å². The van der Waals surface area contributed by atoms with Crippen LogP contribution in [0.5, 0.6) is 11.5 Å². The van der Waals surface area contributed by atoms with Crippen LogP contribution in [0.4, 0.5) is 8.78 Å². The molecule has 0 aromatic heterocycles. The van der Waals surface area contributed by atoms with E-state index in [1.807, 2.05) is 0 Å². The minimum atomic E-state index is -1.22. The van der Waals surface area contributed by atoms with Crippen LogP contribution in [0.1, 0.15) is 22.8 Å². The number of halogens is 2. The monoisotopic (exact) mass is 294 g/mol. The molecule has 5 heteroatoms. The Morgan fingerprint density at radius 2 is 1.62 bits per heavy atom. The topological polar surface area (TPSA) is 38.7 Å². The molecule has 1 N–H and O–H groups in total. The molecule has 0 radical (unpaired) electrons. The van der Waals surface area contributed by atoms with Gasteiger partial charge in [0.1, 0.15) is 17.7 Å². The summed E-state index contributed by atoms with van der Waals surface area (Å²) in [6.07, 6.45) is -1.22. The van der Waals surface area contributed by atoms with Crippen molar-refractivity contribution in [2.45, 2.75) is 13.0 Å². The predicted octanol–water partition coefficient (Wildman–Crippen LogP) is 3.37. The first kappa shape index (κ1) is 15.3. The Balaban J connectivity index is 2.45. The second-order valence-electron chi connectivity index (χ2n) is 4.64. The normalized spacial score (nSPS) is 12.1. The second-order valence-corrected chi connectivity index (χ2v) is 4.64. The zero-order chi connectivity index (χ0) is 15.6. The Bertz CT molecular complexity index is 656. The van der Waals surface area contributed by atoms with Gasteiger partial charge in [0.15, 0.2) is 11.5 Å². The average Bonchev–Trinajstić information content (AvgIpc) is 2.49. The standard InChI is InChI=1S/C16H16F2O3/c1-9-6-11(13(18)8-12(9)17)16(19)10-4-5-14(20-2)15(7-10)21-3/h4-8,16,19H,1-3H3. The number of aliphatic hydroxyl groups excluding tert-OH is 1. The van der Waals surface area contributed by atoms with E-state index in [4.69, 9.17) is 9.47 Å². The highest BCUT2D eigenvalue weighted by Crippen LogP contribution is 2.33. The number of aliphatic hydroxyl groups is 1. The van der Waals surface area contributed by atoms with Crippen LogP contribution >= 0.6 is 0 Å². The fourth-order valence-electron chi connectivity index (χ4n) is 2.09. The fourth-order valence-corrected chi connectivity index (χ4v) is 2.09. The molecule has 2 aromatic rings. The average molecular weight is 294 g/mol. The first-order valence-electron chi connectivity index (χ1n) is 6.33. The summed E-state index contributed by atoms with van der Waals surface area (Å²) in [6, 6.07) is 6.85. The highest BCUT2D eigenvalue weighted by atomic mass is 19.1. The summed E-state index contributed by atoms with van der Waals surface area (Å²) < 4.78 is 37.4. The van der Waals surface area contributed by atoms with Gasteiger partial charge >= 0.3 is 0 Å². The van der Waals surface area contributed by atoms with Crippen molar-refractivity contribution >= 4 is 0 Å². The van der Waals surface area contributed by atoms with E-state index in [-0.39, 0.29) is 11.1 Å². The van der Waals surface area contributed by atoms with Crippen molar-refractivity contribution in [3.05, 3.63) is 58.7 Å². The van der Waals surface area contributed by atoms with Crippen LogP contribution in [0.3, 0.4) is 0 Å². The molecule has 0 aliphatic rings. The lowest BCUT2D eigenvalue weighted by atomic mass is 9.99. The van der Waals surface area contributed by atoms with Crippen LogP contribution < -0.4 is 9.47 Å². The van der Waals surface area contributed by atoms with Crippen molar-refractivity contribution in [1.82, 2.24) is 0 Å². The maximum Gasteiger partial charge on any atom is 0.161 e. The van der Waals surface area contributed by atoms with E-state index in [9.17, 15) is 13.9 Å². The van der Waals surface area contributed by atoms with Gasteiger partial charge in [-0.05, 0) is 36.2 Å². The molecule has 0 aliphatic carbocycles. The van der Waals surface area contributed by atoms with Gasteiger partial charge in [-0.2, -0.15) is 0 Å². The molecule has 0 amide bonds. The molecule has 0 fully saturated rings. The van der Waals surface area contributed by atoms with Gasteiger partial charge in [0.25, 0.3) is 0 Å². The SMILES string of the molecule is COc1ccc(C(O)c2cc(C)c(F)cc2F)cc1OC. The first-order valence-corrected chi connectivity index (χ1v) is 6.33. The van der Waals surface area contributed by atoms with Gasteiger partial charge < -0.3 is 14.6 Å². The smallest absolute Gasteiger partial charge is 0.161 e. The summed E-state index contributed by atoms with van der Waals surface area (Å²) in [5, 5.41) is 10.3. The number of hydrogen-bond acceptors (Lipinski definition) is 3. The summed E-state index contributed by atoms with van der Waals surface area (Å²) in [5.74, 6) is -0.506. The highest BCUT2D eigenvalue weighted by Gasteiger charge is 2.18. The van der Waals surface area contributed by atoms with Crippen molar-refractivity contribution in [3.8, 4) is 11.5 Å². The Morgan fingerprint density at radius 3 is 2.24 bits per heavy atom. The zero-order valence-electron chi connectivity index (χ0n) is 12.0. The fraction of sp³-hybridized carbons (Fsp3) is 0.250. The number of methoxy groups -OCH3 is 2. The molecule has 3 nitrogen and oxygen atoms in total. The van der Waals surface area contributed by atoms with E-state index in [0.29, 0.717) is 17.1 Å². The minimum absolute atomic E-state index is 0.0149. The van der Waals surface area contributed by atoms with Crippen LogP contribution in [0.2, 0.25) is 0 Å². The number of ether oxygens (including phenoxy) is 2. The molecule has 2 rings (SSSR count). The number of hydrogen-bond donors (Lipinski definition) is 1. The number of benzene rings is 2. The van der Waals surface area contributed by atoms with Crippen molar-refractivity contribution < 1.29 is 23.4 Å². The van der Waals surface area contributed by atoms with Crippen LogP contribution in [0.15, 0.2) is 30.3 Å². The van der Waals surface area contributed by atoms with E-state index in [0.717, 1.165) is 6.07 Å². The predicted molar refractivity (Wildman–Crippen MR) is 74.7 cm³/mol. The lowest BCUT2D eigenvalue weighted by Crippen LogP contribution is -2.05. The van der Waals surface area contributed by atoms with Crippen molar-refractivity contribution in [1.29, 1.82) is 0 Å². The lowest BCUT2D eigenvalue weighted by molar-refractivity contribution is 0.214. The third-order valence-electron chi connectivity index (χ3n) is 3.30. The molecule has 0 aliphatic heterocycles. The molecular weight excluding hydrogens is 278 g/mol. The summed E-state index contributed by atoms with van der Waals surface area (Å²) in [4.78, 5) is 0. The van der Waals surface area contributed by atoms with Crippen LogP contribution in [0.25, 0.3) is 0 Å². The van der Waals surface area contributed by atoms with Gasteiger partial charge in [0.05, 0.1) is 14.2 Å². The quantitative estimate of drug-likeness (QED) is 0.939. The molecular formula is C16H16F2O3. The maximum absolute atomic E-state index is 13.8. The molecule has 112 valence electrons. The molecule has 1 atom stereocenters. The molecule has 0 saturated carbocycles. The molecule has 21 heavy (non-hydrogen) atoms. The molecule has 0 bridgehead atoms. The number of rotatable bonds is 4.